The minimum Gasteiger partial charge on any atom is -0.490 e. The van der Waals surface area contributed by atoms with Gasteiger partial charge in [-0.05, 0) is 17.7 Å². The van der Waals surface area contributed by atoms with Crippen LogP contribution in [-0.2, 0) is 9.47 Å². The second kappa shape index (κ2) is 7.33. The summed E-state index contributed by atoms with van der Waals surface area (Å²) in [5.74, 6) is 1.42. The van der Waals surface area contributed by atoms with Crippen LogP contribution in [0.25, 0.3) is 0 Å². The first-order chi connectivity index (χ1) is 9.31. The number of aliphatic hydroxyl groups is 1. The van der Waals surface area contributed by atoms with Crippen LogP contribution in [-0.4, -0.2) is 45.3 Å². The van der Waals surface area contributed by atoms with E-state index in [-0.39, 0.29) is 6.61 Å². The molecule has 1 aromatic rings. The topological polar surface area (TPSA) is 57.2 Å². The lowest BCUT2D eigenvalue weighted by molar-refractivity contribution is 0.0125. The highest BCUT2D eigenvalue weighted by Crippen LogP contribution is 2.32. The van der Waals surface area contributed by atoms with Crippen LogP contribution in [0.15, 0.2) is 18.2 Å². The minimum absolute atomic E-state index is 0.239. The maximum atomic E-state index is 10.0. The first kappa shape index (κ1) is 14.1. The van der Waals surface area contributed by atoms with E-state index in [0.717, 1.165) is 17.7 Å². The molecule has 2 rings (SSSR count). The molecule has 1 heterocycles. The molecular weight excluding hydrogens is 248 g/mol. The van der Waals surface area contributed by atoms with E-state index >= 15 is 0 Å². The number of methoxy groups -OCH3 is 1. The van der Waals surface area contributed by atoms with Crippen LogP contribution in [0.1, 0.15) is 18.1 Å². The molecule has 1 unspecified atom stereocenters. The SMILES string of the molecule is COCCOCC(O)c1ccc2c(c1)OCCCO2. The molecule has 0 saturated carbocycles. The fourth-order valence-corrected chi connectivity index (χ4v) is 1.82. The van der Waals surface area contributed by atoms with Crippen LogP contribution < -0.4 is 9.47 Å². The third-order valence-corrected chi connectivity index (χ3v) is 2.86. The summed E-state index contributed by atoms with van der Waals surface area (Å²) in [5, 5.41) is 10.0. The highest BCUT2D eigenvalue weighted by Gasteiger charge is 2.14. The van der Waals surface area contributed by atoms with Crippen LogP contribution in [0.3, 0.4) is 0 Å². The summed E-state index contributed by atoms with van der Waals surface area (Å²) < 4.78 is 21.3. The molecule has 5 heteroatoms. The van der Waals surface area contributed by atoms with E-state index < -0.39 is 6.10 Å². The smallest absolute Gasteiger partial charge is 0.161 e. The van der Waals surface area contributed by atoms with Crippen molar-refractivity contribution in [2.75, 3.05) is 40.1 Å². The molecule has 0 bridgehead atoms. The van der Waals surface area contributed by atoms with Gasteiger partial charge in [-0.25, -0.2) is 0 Å². The van der Waals surface area contributed by atoms with Crippen molar-refractivity contribution < 1.29 is 24.1 Å². The second-order valence-corrected chi connectivity index (χ2v) is 4.34. The Labute approximate surface area is 113 Å². The largest absolute Gasteiger partial charge is 0.490 e. The first-order valence-electron chi connectivity index (χ1n) is 6.45. The predicted molar refractivity (Wildman–Crippen MR) is 69.7 cm³/mol. The normalized spacial score (nSPS) is 15.9. The molecule has 0 fully saturated rings. The van der Waals surface area contributed by atoms with Gasteiger partial charge >= 0.3 is 0 Å². The van der Waals surface area contributed by atoms with Crippen molar-refractivity contribution in [1.82, 2.24) is 0 Å². The van der Waals surface area contributed by atoms with E-state index in [1.54, 1.807) is 7.11 Å². The summed E-state index contributed by atoms with van der Waals surface area (Å²) in [6, 6.07) is 5.47. The lowest BCUT2D eigenvalue weighted by atomic mass is 10.1. The zero-order valence-corrected chi connectivity index (χ0v) is 11.1. The summed E-state index contributed by atoms with van der Waals surface area (Å²) >= 11 is 0. The zero-order chi connectivity index (χ0) is 13.5. The predicted octanol–water partition coefficient (Wildman–Crippen LogP) is 1.54. The number of aliphatic hydroxyl groups excluding tert-OH is 1. The van der Waals surface area contributed by atoms with Crippen LogP contribution in [0.5, 0.6) is 11.5 Å². The Kier molecular flexibility index (Phi) is 5.44. The van der Waals surface area contributed by atoms with Crippen molar-refractivity contribution in [3.05, 3.63) is 23.8 Å². The second-order valence-electron chi connectivity index (χ2n) is 4.34. The summed E-state index contributed by atoms with van der Waals surface area (Å²) in [6.45, 7) is 2.53. The molecule has 0 aromatic heterocycles. The van der Waals surface area contributed by atoms with Crippen LogP contribution in [0, 0.1) is 0 Å². The van der Waals surface area contributed by atoms with Gasteiger partial charge in [-0.3, -0.25) is 0 Å². The van der Waals surface area contributed by atoms with Crippen molar-refractivity contribution in [3.63, 3.8) is 0 Å². The Balaban J connectivity index is 1.94. The van der Waals surface area contributed by atoms with Gasteiger partial charge in [0.15, 0.2) is 11.5 Å². The lowest BCUT2D eigenvalue weighted by Gasteiger charge is -2.14. The maximum absolute atomic E-state index is 10.0. The number of ether oxygens (including phenoxy) is 4. The van der Waals surface area contributed by atoms with Crippen molar-refractivity contribution in [1.29, 1.82) is 0 Å². The molecule has 1 aliphatic heterocycles. The number of fused-ring (bicyclic) bond motifs is 1. The molecular formula is C14H20O5. The minimum atomic E-state index is -0.672. The molecule has 1 aromatic carbocycles. The van der Waals surface area contributed by atoms with Gasteiger partial charge in [0.25, 0.3) is 0 Å². The molecule has 19 heavy (non-hydrogen) atoms. The van der Waals surface area contributed by atoms with Gasteiger partial charge in [0, 0.05) is 13.5 Å². The molecule has 1 N–H and O–H groups in total. The number of benzene rings is 1. The Morgan fingerprint density at radius 1 is 1.21 bits per heavy atom. The standard InChI is InChI=1S/C14H20O5/c1-16-7-8-17-10-12(15)11-3-4-13-14(9-11)19-6-2-5-18-13/h3-4,9,12,15H,2,5-8,10H2,1H3. The molecule has 1 atom stereocenters. The Bertz CT molecular complexity index is 393. The lowest BCUT2D eigenvalue weighted by Crippen LogP contribution is -2.10. The first-order valence-corrected chi connectivity index (χ1v) is 6.45. The quantitative estimate of drug-likeness (QED) is 0.793. The van der Waals surface area contributed by atoms with E-state index in [1.807, 2.05) is 18.2 Å². The van der Waals surface area contributed by atoms with Gasteiger partial charge in [0.1, 0.15) is 6.10 Å². The highest BCUT2D eigenvalue weighted by molar-refractivity contribution is 5.44. The summed E-state index contributed by atoms with van der Waals surface area (Å²) in [4.78, 5) is 0. The Hall–Kier alpha value is -1.30. The van der Waals surface area contributed by atoms with E-state index in [0.29, 0.717) is 32.2 Å². The summed E-state index contributed by atoms with van der Waals surface area (Å²) in [7, 11) is 1.61. The monoisotopic (exact) mass is 268 g/mol. The van der Waals surface area contributed by atoms with Crippen molar-refractivity contribution >= 4 is 0 Å². The maximum Gasteiger partial charge on any atom is 0.161 e. The number of hydrogen-bond donors (Lipinski definition) is 1. The average molecular weight is 268 g/mol. The van der Waals surface area contributed by atoms with Crippen molar-refractivity contribution in [3.8, 4) is 11.5 Å². The molecule has 0 saturated heterocycles. The number of rotatable bonds is 6. The van der Waals surface area contributed by atoms with Gasteiger partial charge in [0.05, 0.1) is 33.0 Å². The van der Waals surface area contributed by atoms with E-state index in [4.69, 9.17) is 18.9 Å². The van der Waals surface area contributed by atoms with Crippen LogP contribution in [0.4, 0.5) is 0 Å². The summed E-state index contributed by atoms with van der Waals surface area (Å²) in [5.41, 5.74) is 0.765. The fraction of sp³-hybridized carbons (Fsp3) is 0.571. The summed E-state index contributed by atoms with van der Waals surface area (Å²) in [6.07, 6.45) is 0.196. The molecule has 1 aliphatic rings. The average Bonchev–Trinajstić information content (AvgIpc) is 2.67. The molecule has 0 spiro atoms. The van der Waals surface area contributed by atoms with Crippen LogP contribution in [0.2, 0.25) is 0 Å². The van der Waals surface area contributed by atoms with Crippen LogP contribution >= 0.6 is 0 Å². The van der Waals surface area contributed by atoms with Gasteiger partial charge < -0.3 is 24.1 Å². The van der Waals surface area contributed by atoms with Crippen molar-refractivity contribution in [2.45, 2.75) is 12.5 Å². The molecule has 0 radical (unpaired) electrons. The van der Waals surface area contributed by atoms with Gasteiger partial charge in [-0.15, -0.1) is 0 Å². The third kappa shape index (κ3) is 4.09. The Morgan fingerprint density at radius 3 is 2.79 bits per heavy atom. The number of hydrogen-bond acceptors (Lipinski definition) is 5. The van der Waals surface area contributed by atoms with Gasteiger partial charge in [-0.2, -0.15) is 0 Å². The highest BCUT2D eigenvalue weighted by atomic mass is 16.5. The molecule has 5 nitrogen and oxygen atoms in total. The van der Waals surface area contributed by atoms with Gasteiger partial charge in [-0.1, -0.05) is 6.07 Å². The van der Waals surface area contributed by atoms with Crippen molar-refractivity contribution in [2.24, 2.45) is 0 Å². The van der Waals surface area contributed by atoms with E-state index in [1.165, 1.54) is 0 Å². The fourth-order valence-electron chi connectivity index (χ4n) is 1.82. The molecule has 106 valence electrons. The van der Waals surface area contributed by atoms with Gasteiger partial charge in [0.2, 0.25) is 0 Å². The molecule has 0 aliphatic carbocycles. The Morgan fingerprint density at radius 2 is 2.00 bits per heavy atom. The zero-order valence-electron chi connectivity index (χ0n) is 11.1. The van der Waals surface area contributed by atoms with E-state index in [2.05, 4.69) is 0 Å². The van der Waals surface area contributed by atoms with E-state index in [9.17, 15) is 5.11 Å². The third-order valence-electron chi connectivity index (χ3n) is 2.86. The molecule has 0 amide bonds.